The number of anilines is 1. The minimum Gasteiger partial charge on any atom is -0.497 e. The molecular formula is C27H29F3N2O4. The number of pyridine rings is 1. The lowest BCUT2D eigenvalue weighted by Gasteiger charge is -2.23. The molecule has 9 heteroatoms. The number of fused-ring (bicyclic) bond motifs is 1. The highest BCUT2D eigenvalue weighted by atomic mass is 19.4. The molecule has 0 atom stereocenters. The highest BCUT2D eigenvalue weighted by Crippen LogP contribution is 2.38. The smallest absolute Gasteiger partial charge is 0.418 e. The summed E-state index contributed by atoms with van der Waals surface area (Å²) < 4.78 is 54.0. The van der Waals surface area contributed by atoms with Crippen molar-refractivity contribution in [2.45, 2.75) is 39.3 Å². The van der Waals surface area contributed by atoms with E-state index in [2.05, 4.69) is 0 Å². The Labute approximate surface area is 207 Å². The summed E-state index contributed by atoms with van der Waals surface area (Å²) in [5, 5.41) is 11.4. The molecule has 0 saturated heterocycles. The Bertz CT molecular complexity index is 1310. The SMILES string of the molecule is COc1cc(OC)cc(-c2c3c(cn(-c4cc(N(O)CC(C)C)ccc4C(F)(F)F)c2=O)CCC3)c1. The molecule has 192 valence electrons. The highest BCUT2D eigenvalue weighted by Gasteiger charge is 2.35. The molecule has 1 N–H and O–H groups in total. The van der Waals surface area contributed by atoms with Gasteiger partial charge in [-0.1, -0.05) is 13.8 Å². The Morgan fingerprint density at radius 2 is 1.72 bits per heavy atom. The van der Waals surface area contributed by atoms with Gasteiger partial charge in [-0.25, -0.2) is 0 Å². The van der Waals surface area contributed by atoms with Crippen LogP contribution in [0.5, 0.6) is 11.5 Å². The monoisotopic (exact) mass is 502 g/mol. The van der Waals surface area contributed by atoms with Gasteiger partial charge in [-0.3, -0.25) is 19.6 Å². The van der Waals surface area contributed by atoms with E-state index in [9.17, 15) is 23.2 Å². The number of aryl methyl sites for hydroxylation is 1. The number of hydrogen-bond donors (Lipinski definition) is 1. The van der Waals surface area contributed by atoms with Crippen molar-refractivity contribution in [3.05, 3.63) is 69.6 Å². The van der Waals surface area contributed by atoms with Crippen LogP contribution in [0.25, 0.3) is 16.8 Å². The van der Waals surface area contributed by atoms with Gasteiger partial charge in [0.05, 0.1) is 36.7 Å². The average molecular weight is 503 g/mol. The molecule has 0 radical (unpaired) electrons. The Hall–Kier alpha value is -3.46. The summed E-state index contributed by atoms with van der Waals surface area (Å²) in [5.74, 6) is 1.00. The summed E-state index contributed by atoms with van der Waals surface area (Å²) in [6, 6.07) is 8.36. The zero-order valence-corrected chi connectivity index (χ0v) is 20.6. The topological polar surface area (TPSA) is 63.9 Å². The van der Waals surface area contributed by atoms with Crippen LogP contribution in [0.2, 0.25) is 0 Å². The van der Waals surface area contributed by atoms with E-state index in [0.29, 0.717) is 35.5 Å². The molecule has 0 fully saturated rings. The third kappa shape index (κ3) is 4.93. The molecule has 0 bridgehead atoms. The summed E-state index contributed by atoms with van der Waals surface area (Å²) in [5.41, 5.74) is 0.760. The molecule has 1 aliphatic rings. The fourth-order valence-electron chi connectivity index (χ4n) is 4.66. The second-order valence-corrected chi connectivity index (χ2v) is 9.31. The predicted molar refractivity (Wildman–Crippen MR) is 132 cm³/mol. The minimum atomic E-state index is -4.70. The third-order valence-corrected chi connectivity index (χ3v) is 6.30. The van der Waals surface area contributed by atoms with Crippen LogP contribution in [0.4, 0.5) is 18.9 Å². The molecule has 0 spiro atoms. The maximum absolute atomic E-state index is 14.1. The number of hydroxylamine groups is 1. The second kappa shape index (κ2) is 9.89. The van der Waals surface area contributed by atoms with Crippen molar-refractivity contribution in [2.75, 3.05) is 25.8 Å². The van der Waals surface area contributed by atoms with E-state index in [-0.39, 0.29) is 23.8 Å². The average Bonchev–Trinajstić information content (AvgIpc) is 3.29. The van der Waals surface area contributed by atoms with Gasteiger partial charge < -0.3 is 9.47 Å². The Morgan fingerprint density at radius 1 is 1.06 bits per heavy atom. The first-order valence-electron chi connectivity index (χ1n) is 11.7. The van der Waals surface area contributed by atoms with Gasteiger partial charge in [-0.2, -0.15) is 13.2 Å². The first-order valence-corrected chi connectivity index (χ1v) is 11.7. The van der Waals surface area contributed by atoms with Gasteiger partial charge in [0.25, 0.3) is 5.56 Å². The number of alkyl halides is 3. The maximum atomic E-state index is 14.1. The fraction of sp³-hybridized carbons (Fsp3) is 0.370. The molecule has 0 amide bonds. The number of nitrogens with zero attached hydrogens (tertiary/aromatic N) is 2. The third-order valence-electron chi connectivity index (χ3n) is 6.30. The van der Waals surface area contributed by atoms with Crippen LogP contribution in [-0.2, 0) is 19.0 Å². The van der Waals surface area contributed by atoms with Gasteiger partial charge in [0, 0.05) is 18.8 Å². The zero-order chi connectivity index (χ0) is 26.2. The van der Waals surface area contributed by atoms with Gasteiger partial charge in [-0.05, 0) is 72.2 Å². The predicted octanol–water partition coefficient (Wildman–Crippen LogP) is 5.88. The first kappa shape index (κ1) is 25.6. The second-order valence-electron chi connectivity index (χ2n) is 9.31. The molecule has 1 heterocycles. The molecule has 1 aromatic heterocycles. The van der Waals surface area contributed by atoms with E-state index in [1.165, 1.54) is 32.5 Å². The van der Waals surface area contributed by atoms with Crippen molar-refractivity contribution in [3.63, 3.8) is 0 Å². The number of methoxy groups -OCH3 is 2. The summed E-state index contributed by atoms with van der Waals surface area (Å²) in [7, 11) is 2.98. The number of benzene rings is 2. The van der Waals surface area contributed by atoms with Crippen LogP contribution >= 0.6 is 0 Å². The lowest BCUT2D eigenvalue weighted by molar-refractivity contribution is -0.137. The lowest BCUT2D eigenvalue weighted by atomic mass is 9.98. The number of aromatic nitrogens is 1. The van der Waals surface area contributed by atoms with Gasteiger partial charge in [-0.15, -0.1) is 0 Å². The molecule has 36 heavy (non-hydrogen) atoms. The summed E-state index contributed by atoms with van der Waals surface area (Å²) in [6.07, 6.45) is -1.12. The molecule has 4 rings (SSSR count). The molecular weight excluding hydrogens is 473 g/mol. The van der Waals surface area contributed by atoms with E-state index in [1.54, 1.807) is 18.2 Å². The molecule has 3 aromatic rings. The number of halogens is 3. The van der Waals surface area contributed by atoms with Crippen molar-refractivity contribution in [2.24, 2.45) is 5.92 Å². The van der Waals surface area contributed by atoms with Gasteiger partial charge in [0.2, 0.25) is 0 Å². The van der Waals surface area contributed by atoms with Crippen molar-refractivity contribution in [1.29, 1.82) is 0 Å². The van der Waals surface area contributed by atoms with Crippen molar-refractivity contribution >= 4 is 5.69 Å². The standard InChI is InChI=1S/C27H29F3N2O4/c1-16(2)14-32(34)19-8-9-23(27(28,29)30)24(12-19)31-15-17-6-5-7-22(17)25(26(31)33)18-10-20(35-3)13-21(11-18)36-4/h8-13,15-16,34H,5-7,14H2,1-4H3. The van der Waals surface area contributed by atoms with E-state index in [1.807, 2.05) is 13.8 Å². The largest absolute Gasteiger partial charge is 0.497 e. The molecule has 6 nitrogen and oxygen atoms in total. The van der Waals surface area contributed by atoms with E-state index >= 15 is 0 Å². The Morgan fingerprint density at radius 3 is 2.31 bits per heavy atom. The number of rotatable bonds is 7. The molecule has 0 saturated carbocycles. The van der Waals surface area contributed by atoms with Crippen LogP contribution in [-0.4, -0.2) is 30.5 Å². The van der Waals surface area contributed by atoms with Crippen molar-refractivity contribution < 1.29 is 27.9 Å². The molecule has 1 aliphatic carbocycles. The van der Waals surface area contributed by atoms with E-state index in [4.69, 9.17) is 9.47 Å². The zero-order valence-electron chi connectivity index (χ0n) is 20.6. The molecule has 0 unspecified atom stereocenters. The van der Waals surface area contributed by atoms with Crippen LogP contribution in [0.15, 0.2) is 47.4 Å². The minimum absolute atomic E-state index is 0.0677. The van der Waals surface area contributed by atoms with E-state index in [0.717, 1.165) is 33.2 Å². The Balaban J connectivity index is 2.00. The molecule has 0 aliphatic heterocycles. The van der Waals surface area contributed by atoms with Crippen LogP contribution in [0.1, 0.15) is 37.0 Å². The normalized spacial score (nSPS) is 13.1. The van der Waals surface area contributed by atoms with Crippen molar-refractivity contribution in [1.82, 2.24) is 4.57 Å². The maximum Gasteiger partial charge on any atom is 0.418 e. The Kier molecular flexibility index (Phi) is 7.04. The van der Waals surface area contributed by atoms with Gasteiger partial charge in [0.15, 0.2) is 0 Å². The first-order chi connectivity index (χ1) is 17.0. The van der Waals surface area contributed by atoms with Crippen LogP contribution in [0.3, 0.4) is 0 Å². The van der Waals surface area contributed by atoms with E-state index < -0.39 is 17.3 Å². The van der Waals surface area contributed by atoms with Crippen molar-refractivity contribution in [3.8, 4) is 28.3 Å². The van der Waals surface area contributed by atoms with Gasteiger partial charge in [0.1, 0.15) is 11.5 Å². The number of ether oxygens (including phenoxy) is 2. The summed E-state index contributed by atoms with van der Waals surface area (Å²) >= 11 is 0. The van der Waals surface area contributed by atoms with Crippen LogP contribution in [0, 0.1) is 5.92 Å². The highest BCUT2D eigenvalue weighted by molar-refractivity contribution is 5.72. The molecule has 2 aromatic carbocycles. The van der Waals surface area contributed by atoms with Crippen LogP contribution < -0.4 is 20.1 Å². The quantitative estimate of drug-likeness (QED) is 0.409. The van der Waals surface area contributed by atoms with Gasteiger partial charge >= 0.3 is 6.18 Å². The lowest BCUT2D eigenvalue weighted by Crippen LogP contribution is -2.27. The summed E-state index contributed by atoms with van der Waals surface area (Å²) in [6.45, 7) is 3.99. The fourth-order valence-corrected chi connectivity index (χ4v) is 4.66. The number of hydrogen-bond acceptors (Lipinski definition) is 5. The summed E-state index contributed by atoms with van der Waals surface area (Å²) in [4.78, 5) is 13.9.